The van der Waals surface area contributed by atoms with Gasteiger partial charge in [0.05, 0.1) is 31.6 Å². The van der Waals surface area contributed by atoms with Gasteiger partial charge in [-0.25, -0.2) is 9.78 Å². The van der Waals surface area contributed by atoms with E-state index >= 15 is 0 Å². The van der Waals surface area contributed by atoms with E-state index in [2.05, 4.69) is 24.8 Å². The molecule has 11 heteroatoms. The Kier molecular flexibility index (Phi) is 8.56. The maximum atomic E-state index is 12.8. The molecule has 0 amide bonds. The van der Waals surface area contributed by atoms with Crippen LogP contribution in [-0.4, -0.2) is 80.7 Å². The van der Waals surface area contributed by atoms with Gasteiger partial charge in [0.2, 0.25) is 0 Å². The molecule has 3 fully saturated rings. The predicted octanol–water partition coefficient (Wildman–Crippen LogP) is 4.68. The van der Waals surface area contributed by atoms with Crippen LogP contribution in [0.25, 0.3) is 0 Å². The van der Waals surface area contributed by atoms with Crippen LogP contribution in [0.4, 0.5) is 26.0 Å². The topological polar surface area (TPSA) is 100 Å². The summed E-state index contributed by atoms with van der Waals surface area (Å²) in [5.41, 5.74) is 2.46. The van der Waals surface area contributed by atoms with Gasteiger partial charge >= 0.3 is 12.6 Å². The van der Waals surface area contributed by atoms with Gasteiger partial charge in [-0.1, -0.05) is 12.5 Å². The monoisotopic (exact) mass is 543 g/mol. The molecule has 1 saturated carbocycles. The molecule has 2 N–H and O–H groups in total. The van der Waals surface area contributed by atoms with Crippen LogP contribution in [0.5, 0.6) is 5.75 Å². The molecule has 0 atom stereocenters. The average Bonchev–Trinajstić information content (AvgIpc) is 2.91. The molecule has 5 rings (SSSR count). The van der Waals surface area contributed by atoms with E-state index in [9.17, 15) is 13.6 Å². The zero-order valence-electron chi connectivity index (χ0n) is 22.1. The molecule has 2 saturated heterocycles. The highest BCUT2D eigenvalue weighted by atomic mass is 19.3. The van der Waals surface area contributed by atoms with Crippen LogP contribution in [0.2, 0.25) is 0 Å². The number of halogens is 2. The Morgan fingerprint density at radius 3 is 2.51 bits per heavy atom. The molecule has 3 heterocycles. The minimum Gasteiger partial charge on any atom is -0.464 e. The van der Waals surface area contributed by atoms with Crippen LogP contribution in [-0.2, 0) is 9.47 Å². The number of morpholine rings is 1. The molecular weight excluding hydrogens is 508 g/mol. The SMILES string of the molecule is COC(=O)c1cc(N2CCC(N3CCOCC3)CC2)c(C(=N)C2CCC2)c(Nc2cccc(OC(F)F)c2)n1. The number of rotatable bonds is 9. The van der Waals surface area contributed by atoms with Crippen molar-refractivity contribution in [1.82, 2.24) is 9.88 Å². The summed E-state index contributed by atoms with van der Waals surface area (Å²) in [5, 5.41) is 12.3. The van der Waals surface area contributed by atoms with Gasteiger partial charge in [-0.2, -0.15) is 8.78 Å². The standard InChI is InChI=1S/C28H35F2N5O4/c1-37-27(36)22-17-23(35-10-8-20(9-11-35)34-12-14-38-15-13-34)24(25(31)18-4-2-5-18)26(33-22)32-19-6-3-7-21(16-19)39-28(29)30/h3,6-7,16-18,20,28,31H,2,4-5,8-15H2,1H3,(H,32,33). The number of hydrogen-bond donors (Lipinski definition) is 2. The quantitative estimate of drug-likeness (QED) is 0.347. The molecule has 9 nitrogen and oxygen atoms in total. The van der Waals surface area contributed by atoms with Crippen molar-refractivity contribution in [2.24, 2.45) is 5.92 Å². The summed E-state index contributed by atoms with van der Waals surface area (Å²) in [6, 6.07) is 8.38. The van der Waals surface area contributed by atoms with Gasteiger partial charge in [0.25, 0.3) is 0 Å². The number of anilines is 3. The number of carbonyl (C=O) groups excluding carboxylic acids is 1. The molecule has 39 heavy (non-hydrogen) atoms. The second-order valence-electron chi connectivity index (χ2n) is 10.2. The fourth-order valence-electron chi connectivity index (χ4n) is 5.55. The van der Waals surface area contributed by atoms with Crippen molar-refractivity contribution in [3.8, 4) is 5.75 Å². The van der Waals surface area contributed by atoms with Crippen molar-refractivity contribution < 1.29 is 27.8 Å². The van der Waals surface area contributed by atoms with E-state index in [1.165, 1.54) is 19.2 Å². The van der Waals surface area contributed by atoms with Gasteiger partial charge in [-0.05, 0) is 43.9 Å². The Labute approximate surface area is 226 Å². The van der Waals surface area contributed by atoms with Crippen LogP contribution in [0.1, 0.15) is 48.2 Å². The summed E-state index contributed by atoms with van der Waals surface area (Å²) >= 11 is 0. The summed E-state index contributed by atoms with van der Waals surface area (Å²) in [6.07, 6.45) is 4.83. The predicted molar refractivity (Wildman–Crippen MR) is 144 cm³/mol. The highest BCUT2D eigenvalue weighted by Crippen LogP contribution is 2.39. The summed E-state index contributed by atoms with van der Waals surface area (Å²) in [4.78, 5) is 22.0. The van der Waals surface area contributed by atoms with Crippen LogP contribution < -0.4 is 15.0 Å². The largest absolute Gasteiger partial charge is 0.464 e. The molecule has 0 unspecified atom stereocenters. The molecule has 210 valence electrons. The first-order valence-corrected chi connectivity index (χ1v) is 13.5. The first-order valence-electron chi connectivity index (χ1n) is 13.5. The molecule has 1 aromatic heterocycles. The number of aromatic nitrogens is 1. The van der Waals surface area contributed by atoms with Crippen molar-refractivity contribution >= 4 is 28.9 Å². The van der Waals surface area contributed by atoms with E-state index in [-0.39, 0.29) is 17.4 Å². The zero-order chi connectivity index (χ0) is 27.4. The molecule has 0 spiro atoms. The summed E-state index contributed by atoms with van der Waals surface area (Å²) < 4.78 is 40.7. The number of alkyl halides is 2. The lowest BCUT2D eigenvalue weighted by Crippen LogP contribution is -2.49. The molecule has 0 bridgehead atoms. The zero-order valence-corrected chi connectivity index (χ0v) is 22.1. The van der Waals surface area contributed by atoms with Gasteiger partial charge in [0.15, 0.2) is 5.69 Å². The Morgan fingerprint density at radius 2 is 1.87 bits per heavy atom. The van der Waals surface area contributed by atoms with E-state index < -0.39 is 12.6 Å². The van der Waals surface area contributed by atoms with Gasteiger partial charge in [0, 0.05) is 55.6 Å². The molecular formula is C28H35F2N5O4. The Bertz CT molecular complexity index is 1180. The van der Waals surface area contributed by atoms with Crippen molar-refractivity contribution in [3.05, 3.63) is 41.6 Å². The van der Waals surface area contributed by atoms with Gasteiger partial charge in [0.1, 0.15) is 11.6 Å². The second kappa shape index (κ2) is 12.3. The number of esters is 1. The maximum Gasteiger partial charge on any atom is 0.387 e. The molecule has 1 aliphatic carbocycles. The third-order valence-electron chi connectivity index (χ3n) is 7.87. The minimum absolute atomic E-state index is 0.000139. The van der Waals surface area contributed by atoms with Crippen molar-refractivity contribution in [1.29, 1.82) is 5.41 Å². The van der Waals surface area contributed by atoms with Gasteiger partial charge in [-0.3, -0.25) is 4.90 Å². The number of nitrogens with zero attached hydrogens (tertiary/aromatic N) is 3. The second-order valence-corrected chi connectivity index (χ2v) is 10.2. The highest BCUT2D eigenvalue weighted by Gasteiger charge is 2.33. The van der Waals surface area contributed by atoms with Gasteiger partial charge < -0.3 is 29.8 Å². The van der Waals surface area contributed by atoms with Crippen LogP contribution in [0.15, 0.2) is 30.3 Å². The fourth-order valence-corrected chi connectivity index (χ4v) is 5.55. The van der Waals surface area contributed by atoms with Crippen LogP contribution in [0, 0.1) is 11.3 Å². The van der Waals surface area contributed by atoms with E-state index in [1.807, 2.05) is 0 Å². The number of methoxy groups -OCH3 is 1. The fraction of sp³-hybridized carbons (Fsp3) is 0.536. The molecule has 1 aromatic carbocycles. The Hall–Kier alpha value is -3.31. The number of piperidine rings is 1. The summed E-state index contributed by atoms with van der Waals surface area (Å²) in [7, 11) is 1.31. The third kappa shape index (κ3) is 6.30. The lowest BCUT2D eigenvalue weighted by atomic mass is 9.79. The molecule has 0 radical (unpaired) electrons. The summed E-state index contributed by atoms with van der Waals surface area (Å²) in [5.74, 6) is -0.150. The number of benzene rings is 1. The summed E-state index contributed by atoms with van der Waals surface area (Å²) in [6.45, 7) is 1.99. The van der Waals surface area contributed by atoms with Crippen LogP contribution >= 0.6 is 0 Å². The number of nitrogens with one attached hydrogen (secondary N) is 2. The number of pyridine rings is 1. The van der Waals surface area contributed by atoms with Crippen molar-refractivity contribution in [3.63, 3.8) is 0 Å². The molecule has 3 aliphatic rings. The van der Waals surface area contributed by atoms with Crippen LogP contribution in [0.3, 0.4) is 0 Å². The van der Waals surface area contributed by atoms with E-state index in [1.54, 1.807) is 18.2 Å². The Balaban J connectivity index is 1.50. The molecule has 2 aliphatic heterocycles. The first kappa shape index (κ1) is 27.3. The van der Waals surface area contributed by atoms with Gasteiger partial charge in [-0.15, -0.1) is 0 Å². The van der Waals surface area contributed by atoms with E-state index in [0.717, 1.165) is 77.2 Å². The minimum atomic E-state index is -2.95. The number of hydrogen-bond acceptors (Lipinski definition) is 9. The average molecular weight is 544 g/mol. The van der Waals surface area contributed by atoms with E-state index in [0.29, 0.717) is 28.8 Å². The smallest absolute Gasteiger partial charge is 0.387 e. The highest BCUT2D eigenvalue weighted by molar-refractivity contribution is 6.10. The molecule has 2 aromatic rings. The van der Waals surface area contributed by atoms with Crippen molar-refractivity contribution in [2.45, 2.75) is 44.8 Å². The lowest BCUT2D eigenvalue weighted by molar-refractivity contribution is -0.0498. The first-order chi connectivity index (χ1) is 18.9. The Morgan fingerprint density at radius 1 is 1.13 bits per heavy atom. The number of ether oxygens (including phenoxy) is 3. The number of carbonyl (C=O) groups is 1. The van der Waals surface area contributed by atoms with Crippen molar-refractivity contribution in [2.75, 3.05) is 56.7 Å². The maximum absolute atomic E-state index is 12.8. The third-order valence-corrected chi connectivity index (χ3v) is 7.87. The lowest BCUT2D eigenvalue weighted by Gasteiger charge is -2.41. The van der Waals surface area contributed by atoms with E-state index in [4.69, 9.17) is 14.9 Å². The normalized spacial score (nSPS) is 19.0.